The van der Waals surface area contributed by atoms with Crippen LogP contribution in [0.5, 0.6) is 0 Å². The Morgan fingerprint density at radius 3 is 3.07 bits per heavy atom. The van der Waals surface area contributed by atoms with E-state index in [4.69, 9.17) is 0 Å². The molecule has 74 valence electrons. The van der Waals surface area contributed by atoms with Crippen LogP contribution >= 0.6 is 0 Å². The van der Waals surface area contributed by atoms with E-state index in [2.05, 4.69) is 30.5 Å². The van der Waals surface area contributed by atoms with Crippen molar-refractivity contribution in [3.05, 3.63) is 30.9 Å². The van der Waals surface area contributed by atoms with Crippen LogP contribution in [0, 0.1) is 0 Å². The molecule has 0 aromatic carbocycles. The Bertz CT molecular complexity index is 567. The molecule has 3 heterocycles. The number of hydrogen-bond acceptors (Lipinski definition) is 4. The van der Waals surface area contributed by atoms with E-state index in [1.165, 1.54) is 0 Å². The third-order valence-electron chi connectivity index (χ3n) is 2.09. The molecule has 0 atom stereocenters. The lowest BCUT2D eigenvalue weighted by Gasteiger charge is -2.01. The number of nitrogens with zero attached hydrogens (tertiary/aromatic N) is 3. The molecule has 6 nitrogen and oxygen atoms in total. The first-order valence-corrected chi connectivity index (χ1v) is 4.48. The predicted octanol–water partition coefficient (Wildman–Crippen LogP) is 1.42. The minimum atomic E-state index is 0.720. The molecule has 0 saturated heterocycles. The van der Waals surface area contributed by atoms with Gasteiger partial charge in [-0.3, -0.25) is 5.10 Å². The molecule has 0 bridgehead atoms. The zero-order valence-electron chi connectivity index (χ0n) is 7.73. The average molecular weight is 200 g/mol. The minimum Gasteiger partial charge on any atom is -0.342 e. The summed E-state index contributed by atoms with van der Waals surface area (Å²) in [6.45, 7) is 0. The maximum absolute atomic E-state index is 4.22. The van der Waals surface area contributed by atoms with E-state index in [9.17, 15) is 0 Å². The molecular formula is C9H8N6. The highest BCUT2D eigenvalue weighted by molar-refractivity contribution is 5.86. The quantitative estimate of drug-likeness (QED) is 0.584. The molecule has 0 aliphatic heterocycles. The molecule has 0 unspecified atom stereocenters. The standard InChI is InChI=1S/C9H8N6/c1-3-10-9(8-6(1)11-5-12-8)14-7-2-4-13-15-7/h1-5H,(H,11,12)(H2,10,13,14,15). The minimum absolute atomic E-state index is 0.720. The summed E-state index contributed by atoms with van der Waals surface area (Å²) in [5, 5.41) is 9.81. The molecular weight excluding hydrogens is 192 g/mol. The first kappa shape index (κ1) is 7.98. The van der Waals surface area contributed by atoms with Crippen LogP contribution in [0.25, 0.3) is 11.0 Å². The van der Waals surface area contributed by atoms with Gasteiger partial charge >= 0.3 is 0 Å². The SMILES string of the molecule is c1cc2nc[nH]c2c(Nc2cc[nH]n2)n1. The van der Waals surface area contributed by atoms with Gasteiger partial charge in [0.1, 0.15) is 5.52 Å². The zero-order chi connectivity index (χ0) is 10.1. The van der Waals surface area contributed by atoms with Crippen LogP contribution in [0.15, 0.2) is 30.9 Å². The number of hydrogen-bond donors (Lipinski definition) is 3. The number of imidazole rings is 1. The lowest BCUT2D eigenvalue weighted by atomic mass is 10.4. The summed E-state index contributed by atoms with van der Waals surface area (Å²) in [4.78, 5) is 11.4. The molecule has 3 aromatic heterocycles. The summed E-state index contributed by atoms with van der Waals surface area (Å²) in [5.41, 5.74) is 1.75. The fraction of sp³-hybridized carbons (Fsp3) is 0. The van der Waals surface area contributed by atoms with Gasteiger partial charge in [0, 0.05) is 18.5 Å². The van der Waals surface area contributed by atoms with E-state index in [-0.39, 0.29) is 0 Å². The van der Waals surface area contributed by atoms with E-state index >= 15 is 0 Å². The van der Waals surface area contributed by atoms with E-state index in [1.54, 1.807) is 18.7 Å². The molecule has 3 N–H and O–H groups in total. The predicted molar refractivity (Wildman–Crippen MR) is 55.8 cm³/mol. The second kappa shape index (κ2) is 3.09. The molecule has 0 aliphatic rings. The van der Waals surface area contributed by atoms with E-state index in [1.807, 2.05) is 12.1 Å². The summed E-state index contributed by atoms with van der Waals surface area (Å²) in [7, 11) is 0. The maximum Gasteiger partial charge on any atom is 0.157 e. The average Bonchev–Trinajstić information content (AvgIpc) is 2.87. The molecule has 0 spiro atoms. The van der Waals surface area contributed by atoms with Crippen LogP contribution in [0.2, 0.25) is 0 Å². The highest BCUT2D eigenvalue weighted by atomic mass is 15.2. The number of pyridine rings is 1. The van der Waals surface area contributed by atoms with Crippen molar-refractivity contribution in [3.63, 3.8) is 0 Å². The summed E-state index contributed by atoms with van der Waals surface area (Å²) < 4.78 is 0. The maximum atomic E-state index is 4.22. The van der Waals surface area contributed by atoms with Crippen LogP contribution in [0.3, 0.4) is 0 Å². The van der Waals surface area contributed by atoms with Crippen LogP contribution in [0.1, 0.15) is 0 Å². The molecule has 15 heavy (non-hydrogen) atoms. The Morgan fingerprint density at radius 2 is 2.20 bits per heavy atom. The molecule has 3 rings (SSSR count). The molecule has 0 radical (unpaired) electrons. The third-order valence-corrected chi connectivity index (χ3v) is 2.09. The number of rotatable bonds is 2. The number of nitrogens with one attached hydrogen (secondary N) is 3. The molecule has 0 saturated carbocycles. The van der Waals surface area contributed by atoms with Crippen LogP contribution in [-0.4, -0.2) is 25.1 Å². The largest absolute Gasteiger partial charge is 0.342 e. The van der Waals surface area contributed by atoms with Gasteiger partial charge < -0.3 is 10.3 Å². The van der Waals surface area contributed by atoms with Crippen LogP contribution in [-0.2, 0) is 0 Å². The monoisotopic (exact) mass is 200 g/mol. The smallest absolute Gasteiger partial charge is 0.157 e. The van der Waals surface area contributed by atoms with Gasteiger partial charge in [0.05, 0.1) is 11.8 Å². The van der Waals surface area contributed by atoms with Gasteiger partial charge in [-0.2, -0.15) is 5.10 Å². The fourth-order valence-electron chi connectivity index (χ4n) is 1.41. The van der Waals surface area contributed by atoms with Crippen molar-refractivity contribution < 1.29 is 0 Å². The van der Waals surface area contributed by atoms with Gasteiger partial charge in [-0.1, -0.05) is 0 Å². The van der Waals surface area contributed by atoms with Gasteiger partial charge in [0.25, 0.3) is 0 Å². The van der Waals surface area contributed by atoms with Gasteiger partial charge in [-0.05, 0) is 6.07 Å². The van der Waals surface area contributed by atoms with E-state index in [0.717, 1.165) is 22.7 Å². The van der Waals surface area contributed by atoms with E-state index < -0.39 is 0 Å². The summed E-state index contributed by atoms with van der Waals surface area (Å²) in [5.74, 6) is 1.45. The second-order valence-corrected chi connectivity index (χ2v) is 3.04. The Hall–Kier alpha value is -2.37. The zero-order valence-corrected chi connectivity index (χ0v) is 7.73. The molecule has 6 heteroatoms. The van der Waals surface area contributed by atoms with Gasteiger partial charge in [-0.25, -0.2) is 9.97 Å². The van der Waals surface area contributed by atoms with Gasteiger partial charge in [0.15, 0.2) is 11.6 Å². The lowest BCUT2D eigenvalue weighted by molar-refractivity contribution is 1.09. The number of fused-ring (bicyclic) bond motifs is 1. The van der Waals surface area contributed by atoms with Gasteiger partial charge in [-0.15, -0.1) is 0 Å². The van der Waals surface area contributed by atoms with Crippen molar-refractivity contribution in [3.8, 4) is 0 Å². The fourth-order valence-corrected chi connectivity index (χ4v) is 1.41. The van der Waals surface area contributed by atoms with Crippen LogP contribution in [0.4, 0.5) is 11.6 Å². The Morgan fingerprint density at radius 1 is 1.20 bits per heavy atom. The van der Waals surface area contributed by atoms with Crippen molar-refractivity contribution in [2.75, 3.05) is 5.32 Å². The molecule has 0 amide bonds. The number of aromatic nitrogens is 5. The second-order valence-electron chi connectivity index (χ2n) is 3.04. The highest BCUT2D eigenvalue weighted by Crippen LogP contribution is 2.19. The van der Waals surface area contributed by atoms with Crippen molar-refractivity contribution in [1.29, 1.82) is 0 Å². The molecule has 0 fully saturated rings. The van der Waals surface area contributed by atoms with Crippen molar-refractivity contribution >= 4 is 22.7 Å². The van der Waals surface area contributed by atoms with Gasteiger partial charge in [0.2, 0.25) is 0 Å². The van der Waals surface area contributed by atoms with Crippen LogP contribution < -0.4 is 5.32 Å². The Kier molecular flexibility index (Phi) is 1.64. The summed E-state index contributed by atoms with van der Waals surface area (Å²) in [6.07, 6.45) is 5.09. The Balaban J connectivity index is 2.07. The summed E-state index contributed by atoms with van der Waals surface area (Å²) in [6, 6.07) is 3.68. The normalized spacial score (nSPS) is 10.7. The number of H-pyrrole nitrogens is 2. The first-order valence-electron chi connectivity index (χ1n) is 4.48. The van der Waals surface area contributed by atoms with Crippen molar-refractivity contribution in [2.45, 2.75) is 0 Å². The Labute approximate surface area is 84.8 Å². The number of anilines is 2. The topological polar surface area (TPSA) is 82.3 Å². The highest BCUT2D eigenvalue weighted by Gasteiger charge is 2.04. The number of aromatic amines is 2. The lowest BCUT2D eigenvalue weighted by Crippen LogP contribution is -1.94. The third kappa shape index (κ3) is 1.32. The summed E-state index contributed by atoms with van der Waals surface area (Å²) >= 11 is 0. The van der Waals surface area contributed by atoms with Crippen molar-refractivity contribution in [2.24, 2.45) is 0 Å². The molecule has 3 aromatic rings. The van der Waals surface area contributed by atoms with Crippen molar-refractivity contribution in [1.82, 2.24) is 25.1 Å². The first-order chi connectivity index (χ1) is 7.43. The molecule has 0 aliphatic carbocycles. The van der Waals surface area contributed by atoms with E-state index in [0.29, 0.717) is 0 Å².